The third kappa shape index (κ3) is 6.14. The number of methoxy groups -OCH3 is 1. The van der Waals surface area contributed by atoms with Gasteiger partial charge in [0.1, 0.15) is 0 Å². The third-order valence-corrected chi connectivity index (χ3v) is 4.37. The van der Waals surface area contributed by atoms with Crippen LogP contribution in [0.5, 0.6) is 0 Å². The highest BCUT2D eigenvalue weighted by molar-refractivity contribution is 7.07. The van der Waals surface area contributed by atoms with Crippen molar-refractivity contribution in [3.63, 3.8) is 0 Å². The van der Waals surface area contributed by atoms with Gasteiger partial charge in [-0.2, -0.15) is 11.3 Å². The van der Waals surface area contributed by atoms with Crippen molar-refractivity contribution in [2.24, 2.45) is 0 Å². The molecule has 0 fully saturated rings. The molecule has 23 heavy (non-hydrogen) atoms. The van der Waals surface area contributed by atoms with Crippen LogP contribution in [0.25, 0.3) is 0 Å². The number of benzene rings is 1. The van der Waals surface area contributed by atoms with Crippen molar-refractivity contribution < 1.29 is 9.53 Å². The number of carbonyl (C=O) groups is 1. The lowest BCUT2D eigenvalue weighted by Gasteiger charge is -2.22. The summed E-state index contributed by atoms with van der Waals surface area (Å²) in [4.78, 5) is 14.4. The van der Waals surface area contributed by atoms with Crippen LogP contribution in [-0.4, -0.2) is 37.6 Å². The number of ether oxygens (including phenoxy) is 1. The molecule has 0 aliphatic heterocycles. The topological polar surface area (TPSA) is 41.6 Å². The largest absolute Gasteiger partial charge is 0.383 e. The van der Waals surface area contributed by atoms with Crippen LogP contribution in [-0.2, 0) is 16.1 Å². The standard InChI is InChI=1S/C18H24N2O2S/c1-15(17-6-4-3-5-7-17)19-18(21)13-20(9-10-22-2)12-16-8-11-23-14-16/h3-8,11,14-15H,9-10,12-13H2,1-2H3,(H,19,21). The van der Waals surface area contributed by atoms with E-state index in [9.17, 15) is 4.79 Å². The Bertz CT molecular complexity index is 572. The molecule has 4 nitrogen and oxygen atoms in total. The molecule has 1 aromatic carbocycles. The number of hydrogen-bond acceptors (Lipinski definition) is 4. The van der Waals surface area contributed by atoms with E-state index in [1.807, 2.05) is 37.3 Å². The van der Waals surface area contributed by atoms with Gasteiger partial charge in [0.2, 0.25) is 5.91 Å². The quantitative estimate of drug-likeness (QED) is 0.767. The molecule has 0 radical (unpaired) electrons. The van der Waals surface area contributed by atoms with Crippen LogP contribution in [0.2, 0.25) is 0 Å². The third-order valence-electron chi connectivity index (χ3n) is 3.64. The van der Waals surface area contributed by atoms with E-state index in [4.69, 9.17) is 4.74 Å². The van der Waals surface area contributed by atoms with Crippen LogP contribution in [0.15, 0.2) is 47.2 Å². The lowest BCUT2D eigenvalue weighted by molar-refractivity contribution is -0.123. The highest BCUT2D eigenvalue weighted by Crippen LogP contribution is 2.12. The molecule has 1 amide bonds. The second-order valence-electron chi connectivity index (χ2n) is 5.53. The molecular weight excluding hydrogens is 308 g/mol. The summed E-state index contributed by atoms with van der Waals surface area (Å²) in [7, 11) is 1.68. The number of thiophene rings is 1. The Balaban J connectivity index is 1.88. The number of carbonyl (C=O) groups excluding carboxylic acids is 1. The predicted octanol–water partition coefficient (Wildman–Crippen LogP) is 3.07. The summed E-state index contributed by atoms with van der Waals surface area (Å²) in [6.45, 7) is 4.49. The first-order valence-electron chi connectivity index (χ1n) is 7.75. The number of amides is 1. The first-order valence-corrected chi connectivity index (χ1v) is 8.70. The second-order valence-corrected chi connectivity index (χ2v) is 6.31. The van der Waals surface area contributed by atoms with Crippen molar-refractivity contribution in [2.45, 2.75) is 19.5 Å². The van der Waals surface area contributed by atoms with Gasteiger partial charge in [-0.1, -0.05) is 30.3 Å². The number of rotatable bonds is 9. The SMILES string of the molecule is COCCN(CC(=O)NC(C)c1ccccc1)Cc1ccsc1. The van der Waals surface area contributed by atoms with Crippen LogP contribution in [0.3, 0.4) is 0 Å². The summed E-state index contributed by atoms with van der Waals surface area (Å²) in [6.07, 6.45) is 0. The second kappa shape index (κ2) is 9.45. The van der Waals surface area contributed by atoms with E-state index < -0.39 is 0 Å². The lowest BCUT2D eigenvalue weighted by atomic mass is 10.1. The van der Waals surface area contributed by atoms with Crippen molar-refractivity contribution in [3.05, 3.63) is 58.3 Å². The molecule has 0 aliphatic rings. The van der Waals surface area contributed by atoms with Gasteiger partial charge in [-0.3, -0.25) is 9.69 Å². The van der Waals surface area contributed by atoms with Crippen molar-refractivity contribution in [1.29, 1.82) is 0 Å². The Morgan fingerprint density at radius 2 is 2.09 bits per heavy atom. The molecule has 0 saturated heterocycles. The predicted molar refractivity (Wildman–Crippen MR) is 94.5 cm³/mol. The van der Waals surface area contributed by atoms with Gasteiger partial charge in [0.05, 0.1) is 19.2 Å². The van der Waals surface area contributed by atoms with Crippen molar-refractivity contribution in [2.75, 3.05) is 26.8 Å². The average molecular weight is 332 g/mol. The minimum absolute atomic E-state index is 0.00845. The highest BCUT2D eigenvalue weighted by atomic mass is 32.1. The van der Waals surface area contributed by atoms with E-state index >= 15 is 0 Å². The molecule has 5 heteroatoms. The van der Waals surface area contributed by atoms with Gasteiger partial charge in [0.15, 0.2) is 0 Å². The van der Waals surface area contributed by atoms with E-state index in [0.717, 1.165) is 18.7 Å². The van der Waals surface area contributed by atoms with Crippen LogP contribution >= 0.6 is 11.3 Å². The van der Waals surface area contributed by atoms with E-state index in [1.54, 1.807) is 18.4 Å². The van der Waals surface area contributed by atoms with Crippen LogP contribution in [0.1, 0.15) is 24.1 Å². The van der Waals surface area contributed by atoms with Gasteiger partial charge in [0.25, 0.3) is 0 Å². The van der Waals surface area contributed by atoms with E-state index in [-0.39, 0.29) is 11.9 Å². The van der Waals surface area contributed by atoms with Crippen LogP contribution in [0, 0.1) is 0 Å². The first-order chi connectivity index (χ1) is 11.2. The van der Waals surface area contributed by atoms with Gasteiger partial charge >= 0.3 is 0 Å². The molecule has 0 aliphatic carbocycles. The average Bonchev–Trinajstić information content (AvgIpc) is 3.06. The molecular formula is C18H24N2O2S. The van der Waals surface area contributed by atoms with Crippen molar-refractivity contribution in [1.82, 2.24) is 10.2 Å². The number of nitrogens with one attached hydrogen (secondary N) is 1. The van der Waals surface area contributed by atoms with Crippen molar-refractivity contribution >= 4 is 17.2 Å². The van der Waals surface area contributed by atoms with Crippen molar-refractivity contribution in [3.8, 4) is 0 Å². The zero-order valence-corrected chi connectivity index (χ0v) is 14.5. The normalized spacial score (nSPS) is 12.3. The molecule has 0 spiro atoms. The van der Waals surface area contributed by atoms with Crippen LogP contribution < -0.4 is 5.32 Å². The fourth-order valence-corrected chi connectivity index (χ4v) is 3.05. The van der Waals surface area contributed by atoms with Gasteiger partial charge in [-0.25, -0.2) is 0 Å². The lowest BCUT2D eigenvalue weighted by Crippen LogP contribution is -2.39. The molecule has 0 bridgehead atoms. The van der Waals surface area contributed by atoms with Crippen LogP contribution in [0.4, 0.5) is 0 Å². The zero-order valence-electron chi connectivity index (χ0n) is 13.7. The van der Waals surface area contributed by atoms with Gasteiger partial charge in [-0.15, -0.1) is 0 Å². The van der Waals surface area contributed by atoms with Gasteiger partial charge in [0, 0.05) is 20.2 Å². The number of nitrogens with zero attached hydrogens (tertiary/aromatic N) is 1. The molecule has 0 saturated carbocycles. The number of hydrogen-bond donors (Lipinski definition) is 1. The molecule has 2 aromatic rings. The summed E-state index contributed by atoms with van der Waals surface area (Å²) in [5, 5.41) is 7.24. The van der Waals surface area contributed by atoms with E-state index in [2.05, 4.69) is 27.0 Å². The molecule has 1 N–H and O–H groups in total. The molecule has 2 rings (SSSR count). The zero-order chi connectivity index (χ0) is 16.5. The molecule has 1 unspecified atom stereocenters. The minimum Gasteiger partial charge on any atom is -0.383 e. The fourth-order valence-electron chi connectivity index (χ4n) is 2.39. The Morgan fingerprint density at radius 1 is 1.30 bits per heavy atom. The maximum atomic E-state index is 12.3. The summed E-state index contributed by atoms with van der Waals surface area (Å²) >= 11 is 1.67. The Labute approximate surface area is 142 Å². The van der Waals surface area contributed by atoms with E-state index in [1.165, 1.54) is 5.56 Å². The Kier molecular flexibility index (Phi) is 7.26. The first kappa shape index (κ1) is 17.7. The Hall–Kier alpha value is -1.69. The summed E-state index contributed by atoms with van der Waals surface area (Å²) in [5.41, 5.74) is 2.34. The minimum atomic E-state index is 0.00845. The van der Waals surface area contributed by atoms with Gasteiger partial charge < -0.3 is 10.1 Å². The smallest absolute Gasteiger partial charge is 0.234 e. The highest BCUT2D eigenvalue weighted by Gasteiger charge is 2.14. The summed E-state index contributed by atoms with van der Waals surface area (Å²) in [6, 6.07) is 12.1. The summed E-state index contributed by atoms with van der Waals surface area (Å²) < 4.78 is 5.15. The summed E-state index contributed by atoms with van der Waals surface area (Å²) in [5.74, 6) is 0.0349. The maximum Gasteiger partial charge on any atom is 0.234 e. The molecule has 1 heterocycles. The maximum absolute atomic E-state index is 12.3. The van der Waals surface area contributed by atoms with E-state index in [0.29, 0.717) is 13.2 Å². The monoisotopic (exact) mass is 332 g/mol. The molecule has 124 valence electrons. The molecule has 1 atom stereocenters. The Morgan fingerprint density at radius 3 is 2.74 bits per heavy atom. The molecule has 1 aromatic heterocycles. The fraction of sp³-hybridized carbons (Fsp3) is 0.389. The van der Waals surface area contributed by atoms with Gasteiger partial charge in [-0.05, 0) is 34.9 Å².